The molecule has 0 saturated carbocycles. The third-order valence-corrected chi connectivity index (χ3v) is 2.51. The Hall–Kier alpha value is -1.40. The van der Waals surface area contributed by atoms with E-state index in [-0.39, 0.29) is 0 Å². The number of hydrazine groups is 1. The molecule has 0 aliphatic carbocycles. The average molecular weight is 213 g/mol. The minimum absolute atomic E-state index is 0.437. The van der Waals surface area contributed by atoms with Crippen molar-refractivity contribution in [3.05, 3.63) is 22.4 Å². The number of rotatable bonds is 3. The van der Waals surface area contributed by atoms with Crippen molar-refractivity contribution in [3.8, 4) is 0 Å². The number of carbonyl (C=O) groups excluding carboxylic acids is 2. The molecule has 14 heavy (non-hydrogen) atoms. The number of nitrogens with one attached hydrogen (secondary N) is 2. The first-order chi connectivity index (χ1) is 6.74. The zero-order chi connectivity index (χ0) is 10.4. The molecule has 4 N–H and O–H groups in total. The number of amides is 2. The van der Waals surface area contributed by atoms with E-state index in [1.54, 1.807) is 16.8 Å². The highest BCUT2D eigenvalue weighted by atomic mass is 32.1. The van der Waals surface area contributed by atoms with Gasteiger partial charge in [0.25, 0.3) is 0 Å². The zero-order valence-electron chi connectivity index (χ0n) is 7.45. The molecule has 2 amide bonds. The van der Waals surface area contributed by atoms with Gasteiger partial charge in [-0.1, -0.05) is 6.07 Å². The number of hydrogen-bond acceptors (Lipinski definition) is 4. The van der Waals surface area contributed by atoms with Gasteiger partial charge in [0.15, 0.2) is 0 Å². The molecule has 1 aromatic heterocycles. The first-order valence-electron chi connectivity index (χ1n) is 4.05. The van der Waals surface area contributed by atoms with Gasteiger partial charge in [-0.3, -0.25) is 15.0 Å². The predicted molar refractivity (Wildman–Crippen MR) is 53.4 cm³/mol. The average Bonchev–Trinajstić information content (AvgIpc) is 2.69. The fraction of sp³-hybridized carbons (Fsp3) is 0.250. The molecule has 0 unspecified atom stereocenters. The van der Waals surface area contributed by atoms with E-state index in [0.717, 1.165) is 6.42 Å². The lowest BCUT2D eigenvalue weighted by Crippen LogP contribution is -2.43. The van der Waals surface area contributed by atoms with Crippen molar-refractivity contribution in [1.82, 2.24) is 10.7 Å². The first-order valence-corrected chi connectivity index (χ1v) is 4.93. The standard InChI is InChI=1S/C8H11N3O2S/c9-11-8(13)7(12)10-4-3-6-2-1-5-14-6/h1-2,5H,3-4,9H2,(H,10,12)(H,11,13). The molecule has 6 heteroatoms. The maximum absolute atomic E-state index is 10.9. The van der Waals surface area contributed by atoms with E-state index in [0.29, 0.717) is 6.54 Å². The Labute approximate surface area is 85.3 Å². The summed E-state index contributed by atoms with van der Waals surface area (Å²) in [6.45, 7) is 0.437. The molecule has 1 heterocycles. The first kappa shape index (κ1) is 10.7. The van der Waals surface area contributed by atoms with E-state index in [1.807, 2.05) is 17.5 Å². The number of nitrogens with two attached hydrogens (primary N) is 1. The second-order valence-electron chi connectivity index (χ2n) is 2.56. The summed E-state index contributed by atoms with van der Waals surface area (Å²) in [5.41, 5.74) is 1.76. The molecule has 1 rings (SSSR count). The summed E-state index contributed by atoms with van der Waals surface area (Å²) in [5.74, 6) is 3.25. The minimum Gasteiger partial charge on any atom is -0.347 e. The Balaban J connectivity index is 2.22. The van der Waals surface area contributed by atoms with Crippen LogP contribution in [0.3, 0.4) is 0 Å². The van der Waals surface area contributed by atoms with Crippen molar-refractivity contribution in [2.24, 2.45) is 5.84 Å². The van der Waals surface area contributed by atoms with E-state index in [4.69, 9.17) is 5.84 Å². The van der Waals surface area contributed by atoms with Crippen molar-refractivity contribution in [1.29, 1.82) is 0 Å². The van der Waals surface area contributed by atoms with Gasteiger partial charge in [0.2, 0.25) is 0 Å². The molecule has 0 saturated heterocycles. The van der Waals surface area contributed by atoms with Gasteiger partial charge in [-0.15, -0.1) is 11.3 Å². The van der Waals surface area contributed by atoms with Gasteiger partial charge in [0.1, 0.15) is 0 Å². The Morgan fingerprint density at radius 3 is 2.79 bits per heavy atom. The molecule has 1 aromatic rings. The Morgan fingerprint density at radius 1 is 1.43 bits per heavy atom. The van der Waals surface area contributed by atoms with Gasteiger partial charge < -0.3 is 5.32 Å². The molecule has 0 bridgehead atoms. The third-order valence-electron chi connectivity index (χ3n) is 1.57. The maximum atomic E-state index is 10.9. The predicted octanol–water partition coefficient (Wildman–Crippen LogP) is -0.603. The summed E-state index contributed by atoms with van der Waals surface area (Å²) in [5, 5.41) is 4.41. The largest absolute Gasteiger partial charge is 0.347 e. The van der Waals surface area contributed by atoms with E-state index < -0.39 is 11.8 Å². The minimum atomic E-state index is -0.823. The van der Waals surface area contributed by atoms with Gasteiger partial charge in [0.05, 0.1) is 0 Å². The molecule has 76 valence electrons. The van der Waals surface area contributed by atoms with Crippen LogP contribution < -0.4 is 16.6 Å². The lowest BCUT2D eigenvalue weighted by molar-refractivity contribution is -0.139. The number of thiophene rings is 1. The Bertz CT molecular complexity index is 310. The fourth-order valence-electron chi connectivity index (χ4n) is 0.900. The van der Waals surface area contributed by atoms with Gasteiger partial charge in [0, 0.05) is 11.4 Å². The van der Waals surface area contributed by atoms with Crippen LogP contribution in [0.4, 0.5) is 0 Å². The number of carbonyl (C=O) groups is 2. The molecular formula is C8H11N3O2S. The molecule has 0 spiro atoms. The van der Waals surface area contributed by atoms with Crippen LogP contribution in [0.5, 0.6) is 0 Å². The van der Waals surface area contributed by atoms with Crippen molar-refractivity contribution < 1.29 is 9.59 Å². The highest BCUT2D eigenvalue weighted by Gasteiger charge is 2.09. The van der Waals surface area contributed by atoms with Crippen molar-refractivity contribution in [3.63, 3.8) is 0 Å². The summed E-state index contributed by atoms with van der Waals surface area (Å²) in [6.07, 6.45) is 0.723. The second-order valence-corrected chi connectivity index (χ2v) is 3.59. The van der Waals surface area contributed by atoms with Crippen molar-refractivity contribution in [2.45, 2.75) is 6.42 Å². The summed E-state index contributed by atoms with van der Waals surface area (Å²) in [4.78, 5) is 22.7. The van der Waals surface area contributed by atoms with Gasteiger partial charge in [-0.05, 0) is 17.9 Å². The number of hydrogen-bond donors (Lipinski definition) is 3. The highest BCUT2D eigenvalue weighted by Crippen LogP contribution is 2.07. The van der Waals surface area contributed by atoms with Crippen LogP contribution in [0.2, 0.25) is 0 Å². The van der Waals surface area contributed by atoms with Crippen LogP contribution >= 0.6 is 11.3 Å². The maximum Gasteiger partial charge on any atom is 0.323 e. The summed E-state index contributed by atoms with van der Waals surface area (Å²) < 4.78 is 0. The normalized spacial score (nSPS) is 9.50. The molecule has 0 aromatic carbocycles. The van der Waals surface area contributed by atoms with E-state index in [2.05, 4.69) is 5.32 Å². The molecule has 0 fully saturated rings. The lowest BCUT2D eigenvalue weighted by atomic mass is 10.3. The molecule has 0 radical (unpaired) electrons. The molecule has 0 aliphatic rings. The Morgan fingerprint density at radius 2 is 2.21 bits per heavy atom. The van der Waals surface area contributed by atoms with Crippen LogP contribution in [-0.4, -0.2) is 18.4 Å². The van der Waals surface area contributed by atoms with E-state index in [9.17, 15) is 9.59 Å². The van der Waals surface area contributed by atoms with E-state index in [1.165, 1.54) is 4.88 Å². The van der Waals surface area contributed by atoms with Crippen LogP contribution in [0.25, 0.3) is 0 Å². The summed E-state index contributed by atoms with van der Waals surface area (Å²) in [6, 6.07) is 3.91. The topological polar surface area (TPSA) is 84.2 Å². The smallest absolute Gasteiger partial charge is 0.323 e. The monoisotopic (exact) mass is 213 g/mol. The fourth-order valence-corrected chi connectivity index (χ4v) is 1.61. The highest BCUT2D eigenvalue weighted by molar-refractivity contribution is 7.09. The summed E-state index contributed by atoms with van der Waals surface area (Å²) >= 11 is 1.61. The van der Waals surface area contributed by atoms with Crippen LogP contribution in [0.1, 0.15) is 4.88 Å². The van der Waals surface area contributed by atoms with Crippen molar-refractivity contribution in [2.75, 3.05) is 6.54 Å². The van der Waals surface area contributed by atoms with Crippen LogP contribution in [0, 0.1) is 0 Å². The lowest BCUT2D eigenvalue weighted by Gasteiger charge is -2.01. The van der Waals surface area contributed by atoms with Gasteiger partial charge >= 0.3 is 11.8 Å². The van der Waals surface area contributed by atoms with Crippen LogP contribution in [0.15, 0.2) is 17.5 Å². The molecule has 5 nitrogen and oxygen atoms in total. The SMILES string of the molecule is NNC(=O)C(=O)NCCc1cccs1. The molecule has 0 atom stereocenters. The zero-order valence-corrected chi connectivity index (χ0v) is 8.26. The van der Waals surface area contributed by atoms with Crippen LogP contribution in [-0.2, 0) is 16.0 Å². The molecule has 0 aliphatic heterocycles. The van der Waals surface area contributed by atoms with Gasteiger partial charge in [-0.25, -0.2) is 5.84 Å². The summed E-state index contributed by atoms with van der Waals surface area (Å²) in [7, 11) is 0. The second kappa shape index (κ2) is 5.36. The van der Waals surface area contributed by atoms with E-state index >= 15 is 0 Å². The Kier molecular flexibility index (Phi) is 4.09. The van der Waals surface area contributed by atoms with Crippen molar-refractivity contribution >= 4 is 23.2 Å². The van der Waals surface area contributed by atoms with Gasteiger partial charge in [-0.2, -0.15) is 0 Å². The molecular weight excluding hydrogens is 202 g/mol. The third kappa shape index (κ3) is 3.15. The quantitative estimate of drug-likeness (QED) is 0.271.